The molecule has 4 aliphatic rings. The molecule has 0 aromatic heterocycles. The van der Waals surface area contributed by atoms with E-state index >= 15 is 0 Å². The maximum Gasteiger partial charge on any atom is 0.308 e. The number of hydrogen-bond donors (Lipinski definition) is 0. The van der Waals surface area contributed by atoms with Gasteiger partial charge in [-0.05, 0) is 44.1 Å². The van der Waals surface area contributed by atoms with E-state index in [9.17, 15) is 9.59 Å². The number of ether oxygens (including phenoxy) is 3. The second kappa shape index (κ2) is 7.86. The van der Waals surface area contributed by atoms with Crippen molar-refractivity contribution in [3.63, 3.8) is 0 Å². The Balaban J connectivity index is 0.000000535. The Bertz CT molecular complexity index is 1010. The third kappa shape index (κ3) is 3.22. The van der Waals surface area contributed by atoms with Gasteiger partial charge in [0.2, 0.25) is 0 Å². The number of rotatable bonds is 2. The lowest BCUT2D eigenvalue weighted by Crippen LogP contribution is -2.65. The van der Waals surface area contributed by atoms with Crippen molar-refractivity contribution < 1.29 is 23.8 Å². The van der Waals surface area contributed by atoms with Gasteiger partial charge in [-0.2, -0.15) is 5.26 Å². The molecule has 31 heavy (non-hydrogen) atoms. The summed E-state index contributed by atoms with van der Waals surface area (Å²) in [5.74, 6) is 0.712. The van der Waals surface area contributed by atoms with E-state index in [4.69, 9.17) is 19.5 Å². The van der Waals surface area contributed by atoms with Crippen molar-refractivity contribution in [2.75, 3.05) is 13.6 Å². The van der Waals surface area contributed by atoms with Crippen LogP contribution in [0.15, 0.2) is 36.9 Å². The van der Waals surface area contributed by atoms with Gasteiger partial charge >= 0.3 is 11.9 Å². The highest BCUT2D eigenvalue weighted by molar-refractivity contribution is 5.73. The molecule has 5 atom stereocenters. The Kier molecular flexibility index (Phi) is 5.36. The van der Waals surface area contributed by atoms with E-state index in [0.29, 0.717) is 17.5 Å². The molecular weight excluding hydrogens is 396 g/mol. The first-order chi connectivity index (χ1) is 14.8. The summed E-state index contributed by atoms with van der Waals surface area (Å²) in [6, 6.07) is 5.97. The Labute approximate surface area is 181 Å². The summed E-state index contributed by atoms with van der Waals surface area (Å²) in [5, 5.41) is 7.51. The topological polar surface area (TPSA) is 88.9 Å². The van der Waals surface area contributed by atoms with Crippen LogP contribution in [0.5, 0.6) is 11.5 Å². The summed E-state index contributed by atoms with van der Waals surface area (Å²) in [4.78, 5) is 25.7. The number of nitrogens with zero attached hydrogens (tertiary/aromatic N) is 2. The van der Waals surface area contributed by atoms with E-state index in [1.807, 2.05) is 12.1 Å². The number of allylic oxidation sites excluding steroid dienone is 1. The number of carbonyl (C=O) groups excluding carboxylic acids is 2. The smallest absolute Gasteiger partial charge is 0.308 e. The van der Waals surface area contributed by atoms with Crippen molar-refractivity contribution in [1.82, 2.24) is 4.90 Å². The summed E-state index contributed by atoms with van der Waals surface area (Å²) in [6.07, 6.45) is 6.49. The maximum atomic E-state index is 11.7. The Morgan fingerprint density at radius 2 is 2.06 bits per heavy atom. The molecular formula is C24H26N2O5. The first-order valence-corrected chi connectivity index (χ1v) is 10.4. The average Bonchev–Trinajstić information content (AvgIpc) is 3.08. The fraction of sp³-hybridized carbons (Fsp3) is 0.458. The molecule has 1 spiro atoms. The Morgan fingerprint density at radius 3 is 2.71 bits per heavy atom. The zero-order valence-corrected chi connectivity index (χ0v) is 18.0. The van der Waals surface area contributed by atoms with E-state index in [-0.39, 0.29) is 29.4 Å². The van der Waals surface area contributed by atoms with Crippen LogP contribution in [0, 0.1) is 17.2 Å². The molecule has 0 unspecified atom stereocenters. The summed E-state index contributed by atoms with van der Waals surface area (Å²) in [6.45, 7) is 6.89. The van der Waals surface area contributed by atoms with Crippen LogP contribution in [0.3, 0.4) is 0 Å². The molecule has 2 aliphatic carbocycles. The van der Waals surface area contributed by atoms with Crippen LogP contribution in [0.4, 0.5) is 0 Å². The maximum absolute atomic E-state index is 11.7. The quantitative estimate of drug-likeness (QED) is 0.313. The molecule has 162 valence electrons. The van der Waals surface area contributed by atoms with E-state index in [1.54, 1.807) is 6.07 Å². The molecule has 0 saturated carbocycles. The molecule has 7 heteroatoms. The van der Waals surface area contributed by atoms with E-state index in [1.165, 1.54) is 25.5 Å². The van der Waals surface area contributed by atoms with E-state index in [2.05, 4.69) is 30.7 Å². The number of piperidine rings is 1. The van der Waals surface area contributed by atoms with Gasteiger partial charge in [-0.3, -0.25) is 9.59 Å². The monoisotopic (exact) mass is 422 g/mol. The summed E-state index contributed by atoms with van der Waals surface area (Å²) >= 11 is 0. The Hall–Kier alpha value is -3.11. The van der Waals surface area contributed by atoms with Crippen LogP contribution >= 0.6 is 0 Å². The third-order valence-electron chi connectivity index (χ3n) is 6.76. The number of carbonyl (C=O) groups is 2. The molecule has 2 aliphatic heterocycles. The van der Waals surface area contributed by atoms with Gasteiger partial charge in [-0.15, -0.1) is 0 Å². The van der Waals surface area contributed by atoms with Crippen LogP contribution in [-0.4, -0.2) is 48.7 Å². The molecule has 0 radical (unpaired) electrons. The third-order valence-corrected chi connectivity index (χ3v) is 6.76. The predicted molar refractivity (Wildman–Crippen MR) is 113 cm³/mol. The standard InChI is InChI=1S/C21H23NO5.C3H3N/c1-11(23)25-16-6-4-13-10-15-14-5-7-17(26-12(2)24)20-21(14,8-9-22(15)3)18(13)19(16)27-20;1-2-3-4/h4-7,14-15,17,20H,8-10H2,1-3H3;2H,1H2/t14-,15+,17-,20-,21-;/m0./s1. The first kappa shape index (κ1) is 21.1. The minimum Gasteiger partial charge on any atom is -0.481 e. The van der Waals surface area contributed by atoms with Gasteiger partial charge in [0.1, 0.15) is 6.10 Å². The van der Waals surface area contributed by atoms with Gasteiger partial charge in [-0.1, -0.05) is 18.7 Å². The molecule has 1 saturated heterocycles. The number of nitriles is 1. The summed E-state index contributed by atoms with van der Waals surface area (Å²) in [5.41, 5.74) is 2.15. The van der Waals surface area contributed by atoms with Gasteiger partial charge in [0.15, 0.2) is 17.6 Å². The van der Waals surface area contributed by atoms with Crippen LogP contribution < -0.4 is 9.47 Å². The highest BCUT2D eigenvalue weighted by Crippen LogP contribution is 2.62. The van der Waals surface area contributed by atoms with Crippen molar-refractivity contribution in [3.8, 4) is 17.6 Å². The number of esters is 2. The molecule has 7 nitrogen and oxygen atoms in total. The number of hydrogen-bond acceptors (Lipinski definition) is 7. The second-order valence-electron chi connectivity index (χ2n) is 8.42. The van der Waals surface area contributed by atoms with Crippen molar-refractivity contribution >= 4 is 11.9 Å². The lowest BCUT2D eigenvalue weighted by Gasteiger charge is -2.56. The van der Waals surface area contributed by atoms with E-state index < -0.39 is 6.10 Å². The molecule has 0 amide bonds. The van der Waals surface area contributed by atoms with Crippen molar-refractivity contribution in [2.24, 2.45) is 5.92 Å². The second-order valence-corrected chi connectivity index (χ2v) is 8.42. The molecule has 1 aromatic carbocycles. The number of likely N-dealkylation sites (N-methyl/N-ethyl adjacent to an activating group) is 1. The fourth-order valence-electron chi connectivity index (χ4n) is 5.74. The summed E-state index contributed by atoms with van der Waals surface area (Å²) < 4.78 is 17.5. The largest absolute Gasteiger partial charge is 0.481 e. The molecule has 1 aromatic rings. The van der Waals surface area contributed by atoms with Gasteiger partial charge in [0.25, 0.3) is 0 Å². The van der Waals surface area contributed by atoms with Crippen LogP contribution in [-0.2, 0) is 26.2 Å². The zero-order valence-electron chi connectivity index (χ0n) is 18.0. The zero-order chi connectivity index (χ0) is 22.3. The van der Waals surface area contributed by atoms with Crippen molar-refractivity contribution in [1.29, 1.82) is 5.26 Å². The molecule has 0 N–H and O–H groups in total. The normalized spacial score (nSPS) is 31.2. The van der Waals surface area contributed by atoms with Crippen LogP contribution in [0.25, 0.3) is 0 Å². The van der Waals surface area contributed by atoms with Gasteiger partial charge in [-0.25, -0.2) is 0 Å². The highest BCUT2D eigenvalue weighted by atomic mass is 16.6. The number of likely N-dealkylation sites (tertiary alicyclic amines) is 1. The van der Waals surface area contributed by atoms with Gasteiger partial charge in [0, 0.05) is 42.9 Å². The predicted octanol–water partition coefficient (Wildman–Crippen LogP) is 2.68. The highest BCUT2D eigenvalue weighted by Gasteiger charge is 2.65. The molecule has 5 rings (SSSR count). The molecule has 2 bridgehead atoms. The van der Waals surface area contributed by atoms with E-state index in [0.717, 1.165) is 24.9 Å². The first-order valence-electron chi connectivity index (χ1n) is 10.4. The average molecular weight is 422 g/mol. The number of benzene rings is 1. The summed E-state index contributed by atoms with van der Waals surface area (Å²) in [7, 11) is 2.17. The van der Waals surface area contributed by atoms with Crippen LogP contribution in [0.1, 0.15) is 31.4 Å². The van der Waals surface area contributed by atoms with Crippen molar-refractivity contribution in [3.05, 3.63) is 48.1 Å². The fourth-order valence-corrected chi connectivity index (χ4v) is 5.74. The van der Waals surface area contributed by atoms with Crippen molar-refractivity contribution in [2.45, 2.75) is 50.4 Å². The lowest BCUT2D eigenvalue weighted by molar-refractivity contribution is -0.152. The molecule has 2 heterocycles. The van der Waals surface area contributed by atoms with Gasteiger partial charge < -0.3 is 19.1 Å². The van der Waals surface area contributed by atoms with Gasteiger partial charge in [0.05, 0.1) is 6.07 Å². The van der Waals surface area contributed by atoms with Crippen LogP contribution in [0.2, 0.25) is 0 Å². The Morgan fingerprint density at radius 1 is 1.32 bits per heavy atom. The lowest BCUT2D eigenvalue weighted by atomic mass is 9.53. The minimum atomic E-state index is -0.439. The minimum absolute atomic E-state index is 0.245. The molecule has 1 fully saturated rings. The SMILES string of the molecule is C=CC#N.CC(=O)Oc1ccc2c3c1O[C@H]1[C@@H](OC(C)=O)C=C[C@H]4[C@@H](C2)N(C)CC[C@@]341.